The number of rotatable bonds is 2. The van der Waals surface area contributed by atoms with E-state index < -0.39 is 0 Å². The lowest BCUT2D eigenvalue weighted by Crippen LogP contribution is -2.42. The monoisotopic (exact) mass is 258 g/mol. The molecule has 0 saturated carbocycles. The first-order valence-corrected chi connectivity index (χ1v) is 7.38. The Morgan fingerprint density at radius 3 is 1.39 bits per heavy atom. The van der Waals surface area contributed by atoms with E-state index in [1.165, 1.54) is 0 Å². The van der Waals surface area contributed by atoms with Gasteiger partial charge in [-0.3, -0.25) is 0 Å². The summed E-state index contributed by atoms with van der Waals surface area (Å²) in [4.78, 5) is 0. The maximum Gasteiger partial charge on any atom is 0.0701 e. The van der Waals surface area contributed by atoms with Crippen LogP contribution in [0.4, 0.5) is 0 Å². The standard InChI is InChI=1S/2C7H15NO/c2*1-3-7-5-8-4-6(2)9-7/h2*6-8H,3-5H2,1-2H3/t6?,7-;/m1./s1. The summed E-state index contributed by atoms with van der Waals surface area (Å²) in [5.74, 6) is 0. The number of morpholine rings is 2. The summed E-state index contributed by atoms with van der Waals surface area (Å²) < 4.78 is 11.1. The van der Waals surface area contributed by atoms with Crippen LogP contribution in [0.15, 0.2) is 0 Å². The van der Waals surface area contributed by atoms with Gasteiger partial charge < -0.3 is 20.1 Å². The van der Waals surface area contributed by atoms with Crippen molar-refractivity contribution in [1.29, 1.82) is 0 Å². The Hall–Kier alpha value is -0.160. The molecule has 0 aromatic heterocycles. The summed E-state index contributed by atoms with van der Waals surface area (Å²) in [5, 5.41) is 6.62. The molecule has 0 radical (unpaired) electrons. The Morgan fingerprint density at radius 2 is 1.17 bits per heavy atom. The Labute approximate surface area is 112 Å². The molecule has 2 saturated heterocycles. The predicted octanol–water partition coefficient (Wildman–Crippen LogP) is 1.55. The van der Waals surface area contributed by atoms with E-state index in [2.05, 4.69) is 38.3 Å². The zero-order valence-corrected chi connectivity index (χ0v) is 12.4. The fourth-order valence-corrected chi connectivity index (χ4v) is 2.23. The van der Waals surface area contributed by atoms with Gasteiger partial charge in [0.15, 0.2) is 0 Å². The summed E-state index contributed by atoms with van der Waals surface area (Å²) in [5.41, 5.74) is 0. The Bertz CT molecular complexity index is 192. The summed E-state index contributed by atoms with van der Waals surface area (Å²) in [7, 11) is 0. The lowest BCUT2D eigenvalue weighted by molar-refractivity contribution is -0.0285. The topological polar surface area (TPSA) is 42.5 Å². The van der Waals surface area contributed by atoms with E-state index in [9.17, 15) is 0 Å². The molecule has 2 fully saturated rings. The highest BCUT2D eigenvalue weighted by atomic mass is 16.5. The normalized spacial score (nSPS) is 36.7. The Morgan fingerprint density at radius 1 is 0.778 bits per heavy atom. The maximum absolute atomic E-state index is 5.57. The highest BCUT2D eigenvalue weighted by Gasteiger charge is 2.16. The third-order valence-electron chi connectivity index (χ3n) is 3.37. The summed E-state index contributed by atoms with van der Waals surface area (Å²) >= 11 is 0. The average molecular weight is 258 g/mol. The van der Waals surface area contributed by atoms with Crippen molar-refractivity contribution in [2.45, 2.75) is 65.0 Å². The third-order valence-corrected chi connectivity index (χ3v) is 3.37. The molecular weight excluding hydrogens is 228 g/mol. The molecule has 18 heavy (non-hydrogen) atoms. The van der Waals surface area contributed by atoms with Gasteiger partial charge in [-0.1, -0.05) is 13.8 Å². The van der Waals surface area contributed by atoms with Crippen molar-refractivity contribution in [3.63, 3.8) is 0 Å². The number of hydrogen-bond acceptors (Lipinski definition) is 4. The summed E-state index contributed by atoms with van der Waals surface area (Å²) in [6, 6.07) is 0. The van der Waals surface area contributed by atoms with Gasteiger partial charge in [0.05, 0.1) is 24.4 Å². The molecule has 2 heterocycles. The van der Waals surface area contributed by atoms with Crippen molar-refractivity contribution in [2.24, 2.45) is 0 Å². The molecule has 0 aromatic carbocycles. The molecule has 108 valence electrons. The van der Waals surface area contributed by atoms with Crippen molar-refractivity contribution in [2.75, 3.05) is 26.2 Å². The first-order valence-electron chi connectivity index (χ1n) is 7.38. The average Bonchev–Trinajstić information content (AvgIpc) is 2.39. The van der Waals surface area contributed by atoms with E-state index in [0.29, 0.717) is 24.4 Å². The van der Waals surface area contributed by atoms with E-state index in [4.69, 9.17) is 9.47 Å². The second-order valence-corrected chi connectivity index (χ2v) is 5.27. The lowest BCUT2D eigenvalue weighted by Gasteiger charge is -2.27. The van der Waals surface area contributed by atoms with Gasteiger partial charge in [-0.25, -0.2) is 0 Å². The van der Waals surface area contributed by atoms with Gasteiger partial charge in [-0.2, -0.15) is 0 Å². The third kappa shape index (κ3) is 6.14. The van der Waals surface area contributed by atoms with E-state index in [1.807, 2.05) is 0 Å². The number of hydrogen-bond donors (Lipinski definition) is 2. The van der Waals surface area contributed by atoms with E-state index in [-0.39, 0.29) is 0 Å². The first-order chi connectivity index (χ1) is 8.65. The van der Waals surface area contributed by atoms with Crippen LogP contribution in [0.25, 0.3) is 0 Å². The van der Waals surface area contributed by atoms with E-state index >= 15 is 0 Å². The molecule has 0 amide bonds. The zero-order valence-electron chi connectivity index (χ0n) is 12.4. The lowest BCUT2D eigenvalue weighted by atomic mass is 10.2. The van der Waals surface area contributed by atoms with Crippen molar-refractivity contribution < 1.29 is 9.47 Å². The Balaban J connectivity index is 0.000000180. The summed E-state index contributed by atoms with van der Waals surface area (Å²) in [6.07, 6.45) is 3.96. The van der Waals surface area contributed by atoms with Crippen molar-refractivity contribution in [3.8, 4) is 0 Å². The van der Waals surface area contributed by atoms with Gasteiger partial charge in [0.25, 0.3) is 0 Å². The minimum absolute atomic E-state index is 0.406. The highest BCUT2D eigenvalue weighted by molar-refractivity contribution is 4.70. The highest BCUT2D eigenvalue weighted by Crippen LogP contribution is 2.05. The molecule has 0 aliphatic carbocycles. The Kier molecular flexibility index (Phi) is 7.82. The van der Waals surface area contributed by atoms with Crippen LogP contribution < -0.4 is 10.6 Å². The SMILES string of the molecule is CCC1CNCC(C)O1.CC[C@@H]1CNCC(C)O1. The van der Waals surface area contributed by atoms with Crippen LogP contribution in [0.1, 0.15) is 40.5 Å². The maximum atomic E-state index is 5.57. The molecule has 2 aliphatic heterocycles. The molecule has 4 atom stereocenters. The van der Waals surface area contributed by atoms with Gasteiger partial charge >= 0.3 is 0 Å². The molecular formula is C14H30N2O2. The van der Waals surface area contributed by atoms with Crippen LogP contribution in [-0.2, 0) is 9.47 Å². The van der Waals surface area contributed by atoms with Gasteiger partial charge in [0, 0.05) is 26.2 Å². The zero-order chi connectivity index (χ0) is 13.4. The minimum atomic E-state index is 0.406. The number of ether oxygens (including phenoxy) is 2. The van der Waals surface area contributed by atoms with Gasteiger partial charge in [-0.05, 0) is 26.7 Å². The van der Waals surface area contributed by atoms with E-state index in [1.54, 1.807) is 0 Å². The van der Waals surface area contributed by atoms with Crippen LogP contribution in [0.2, 0.25) is 0 Å². The van der Waals surface area contributed by atoms with Gasteiger partial charge in [0.1, 0.15) is 0 Å². The molecule has 2 N–H and O–H groups in total. The molecule has 4 heteroatoms. The summed E-state index contributed by atoms with van der Waals surface area (Å²) in [6.45, 7) is 12.6. The van der Waals surface area contributed by atoms with Crippen molar-refractivity contribution >= 4 is 0 Å². The molecule has 2 rings (SSSR count). The smallest absolute Gasteiger partial charge is 0.0701 e. The fourth-order valence-electron chi connectivity index (χ4n) is 2.23. The van der Waals surface area contributed by atoms with E-state index in [0.717, 1.165) is 39.0 Å². The minimum Gasteiger partial charge on any atom is -0.373 e. The molecule has 2 aliphatic rings. The molecule has 0 bridgehead atoms. The van der Waals surface area contributed by atoms with Gasteiger partial charge in [-0.15, -0.1) is 0 Å². The van der Waals surface area contributed by atoms with Crippen LogP contribution in [-0.4, -0.2) is 50.6 Å². The first kappa shape index (κ1) is 15.9. The van der Waals surface area contributed by atoms with Crippen molar-refractivity contribution in [3.05, 3.63) is 0 Å². The molecule has 0 aromatic rings. The van der Waals surface area contributed by atoms with Gasteiger partial charge in [0.2, 0.25) is 0 Å². The second kappa shape index (κ2) is 8.86. The molecule has 4 nitrogen and oxygen atoms in total. The quantitative estimate of drug-likeness (QED) is 0.788. The van der Waals surface area contributed by atoms with Crippen LogP contribution >= 0.6 is 0 Å². The van der Waals surface area contributed by atoms with Crippen LogP contribution in [0.5, 0.6) is 0 Å². The molecule has 3 unspecified atom stereocenters. The van der Waals surface area contributed by atoms with Crippen LogP contribution in [0, 0.1) is 0 Å². The number of nitrogens with one attached hydrogen (secondary N) is 2. The van der Waals surface area contributed by atoms with Crippen molar-refractivity contribution in [1.82, 2.24) is 10.6 Å². The second-order valence-electron chi connectivity index (χ2n) is 5.27. The van der Waals surface area contributed by atoms with Crippen LogP contribution in [0.3, 0.4) is 0 Å². The molecule has 0 spiro atoms. The predicted molar refractivity (Wildman–Crippen MR) is 75.0 cm³/mol. The fraction of sp³-hybridized carbons (Fsp3) is 1.00. The largest absolute Gasteiger partial charge is 0.373 e.